The molecule has 2 rings (SSSR count). The number of halogens is 1. The molecule has 4 N–H and O–H groups in total. The van der Waals surface area contributed by atoms with Crippen LogP contribution in [0.3, 0.4) is 0 Å². The number of ether oxygens (including phenoxy) is 1. The summed E-state index contributed by atoms with van der Waals surface area (Å²) >= 11 is 11.1. The fraction of sp³-hybridized carbons (Fsp3) is 0.0625. The van der Waals surface area contributed by atoms with Crippen molar-refractivity contribution in [2.45, 2.75) is 0 Å². The number of hydrogen-bond donors (Lipinski definition) is 3. The molecule has 0 atom stereocenters. The molecule has 0 unspecified atom stereocenters. The number of nitrogens with two attached hydrogens (primary N) is 1. The van der Waals surface area contributed by atoms with Crippen LogP contribution in [0.1, 0.15) is 20.7 Å². The predicted molar refractivity (Wildman–Crippen MR) is 96.7 cm³/mol. The molecule has 0 bridgehead atoms. The lowest BCUT2D eigenvalue weighted by atomic mass is 10.2. The van der Waals surface area contributed by atoms with Gasteiger partial charge < -0.3 is 15.8 Å². The Balaban J connectivity index is 2.00. The number of carbonyl (C=O) groups excluding carboxylic acids is 2. The first-order chi connectivity index (χ1) is 11.4. The number of methoxy groups -OCH3 is 1. The summed E-state index contributed by atoms with van der Waals surface area (Å²) in [6.07, 6.45) is 0. The second kappa shape index (κ2) is 7.76. The van der Waals surface area contributed by atoms with E-state index in [0.29, 0.717) is 27.6 Å². The van der Waals surface area contributed by atoms with Crippen molar-refractivity contribution in [2.75, 3.05) is 12.4 Å². The van der Waals surface area contributed by atoms with E-state index in [-0.39, 0.29) is 5.11 Å². The maximum absolute atomic E-state index is 12.1. The fourth-order valence-corrected chi connectivity index (χ4v) is 2.33. The van der Waals surface area contributed by atoms with Crippen LogP contribution in [0.5, 0.6) is 5.75 Å². The van der Waals surface area contributed by atoms with E-state index in [2.05, 4.69) is 10.6 Å². The molecule has 2 aromatic rings. The summed E-state index contributed by atoms with van der Waals surface area (Å²) in [6.45, 7) is 0. The van der Waals surface area contributed by atoms with Crippen molar-refractivity contribution in [1.82, 2.24) is 5.32 Å². The summed E-state index contributed by atoms with van der Waals surface area (Å²) in [5.74, 6) is -0.455. The Morgan fingerprint density at radius 1 is 1.12 bits per heavy atom. The zero-order chi connectivity index (χ0) is 17.7. The Bertz CT molecular complexity index is 794. The lowest BCUT2D eigenvalue weighted by Gasteiger charge is -2.10. The van der Waals surface area contributed by atoms with Gasteiger partial charge in [-0.15, -0.1) is 0 Å². The first-order valence-corrected chi connectivity index (χ1v) is 7.55. The number of anilines is 1. The van der Waals surface area contributed by atoms with E-state index >= 15 is 0 Å². The van der Waals surface area contributed by atoms with Crippen molar-refractivity contribution >= 4 is 46.4 Å². The topological polar surface area (TPSA) is 93.4 Å². The first-order valence-electron chi connectivity index (χ1n) is 6.76. The van der Waals surface area contributed by atoms with Gasteiger partial charge in [0, 0.05) is 16.8 Å². The van der Waals surface area contributed by atoms with E-state index in [1.165, 1.54) is 13.2 Å². The zero-order valence-corrected chi connectivity index (χ0v) is 14.2. The fourth-order valence-electron chi connectivity index (χ4n) is 1.86. The average molecular weight is 364 g/mol. The third-order valence-electron chi connectivity index (χ3n) is 3.07. The van der Waals surface area contributed by atoms with E-state index in [0.717, 1.165) is 0 Å². The van der Waals surface area contributed by atoms with Gasteiger partial charge in [-0.2, -0.15) is 0 Å². The molecule has 124 valence electrons. The average Bonchev–Trinajstić information content (AvgIpc) is 2.55. The quantitative estimate of drug-likeness (QED) is 0.726. The highest BCUT2D eigenvalue weighted by molar-refractivity contribution is 7.80. The third kappa shape index (κ3) is 4.43. The van der Waals surface area contributed by atoms with Gasteiger partial charge in [0.15, 0.2) is 5.11 Å². The van der Waals surface area contributed by atoms with Gasteiger partial charge in [-0.05, 0) is 54.7 Å². The number of nitrogens with one attached hydrogen (secondary N) is 2. The van der Waals surface area contributed by atoms with Crippen LogP contribution >= 0.6 is 23.8 Å². The molecule has 0 saturated carbocycles. The number of rotatable bonds is 4. The number of amides is 2. The molecule has 2 amide bonds. The lowest BCUT2D eigenvalue weighted by Crippen LogP contribution is -2.34. The van der Waals surface area contributed by atoms with Gasteiger partial charge in [0.2, 0.25) is 5.91 Å². The molecule has 24 heavy (non-hydrogen) atoms. The smallest absolute Gasteiger partial charge is 0.257 e. The van der Waals surface area contributed by atoms with E-state index < -0.39 is 11.8 Å². The van der Waals surface area contributed by atoms with Crippen LogP contribution in [0.25, 0.3) is 0 Å². The Labute approximate surface area is 148 Å². The minimum absolute atomic E-state index is 0.110. The molecule has 0 aliphatic carbocycles. The number of primary amides is 1. The summed E-state index contributed by atoms with van der Waals surface area (Å²) < 4.78 is 5.03. The second-order valence-corrected chi connectivity index (χ2v) is 5.51. The number of hydrogen-bond acceptors (Lipinski definition) is 4. The number of thiocarbonyl (C=S) groups is 1. The first kappa shape index (κ1) is 17.7. The third-order valence-corrected chi connectivity index (χ3v) is 3.57. The minimum atomic E-state index is -0.520. The normalized spacial score (nSPS) is 9.92. The van der Waals surface area contributed by atoms with Gasteiger partial charge in [0.05, 0.1) is 12.1 Å². The maximum atomic E-state index is 12.1. The molecule has 0 spiro atoms. The van der Waals surface area contributed by atoms with Gasteiger partial charge in [0.1, 0.15) is 5.75 Å². The highest BCUT2D eigenvalue weighted by Gasteiger charge is 2.11. The van der Waals surface area contributed by atoms with E-state index in [4.69, 9.17) is 34.3 Å². The van der Waals surface area contributed by atoms with Crippen LogP contribution in [0, 0.1) is 0 Å². The highest BCUT2D eigenvalue weighted by atomic mass is 35.5. The molecule has 6 nitrogen and oxygen atoms in total. The van der Waals surface area contributed by atoms with Crippen molar-refractivity contribution in [3.8, 4) is 5.75 Å². The van der Waals surface area contributed by atoms with Gasteiger partial charge in [-0.3, -0.25) is 14.9 Å². The summed E-state index contributed by atoms with van der Waals surface area (Å²) in [5.41, 5.74) is 6.50. The summed E-state index contributed by atoms with van der Waals surface area (Å²) in [6, 6.07) is 11.0. The van der Waals surface area contributed by atoms with Crippen LogP contribution in [0.2, 0.25) is 5.02 Å². The minimum Gasteiger partial charge on any atom is -0.495 e. The van der Waals surface area contributed by atoms with Gasteiger partial charge >= 0.3 is 0 Å². The van der Waals surface area contributed by atoms with Crippen LogP contribution in [-0.4, -0.2) is 24.0 Å². The standard InChI is InChI=1S/C16H14ClN3O3S/c1-23-13-7-4-10(8-12(13)17)15(22)20-16(24)19-11-5-2-9(3-6-11)14(18)21/h2-8H,1H3,(H2,18,21)(H2,19,20,22,24). The van der Waals surface area contributed by atoms with E-state index in [1.807, 2.05) is 0 Å². The van der Waals surface area contributed by atoms with Crippen molar-refractivity contribution in [1.29, 1.82) is 0 Å². The molecular weight excluding hydrogens is 350 g/mol. The summed E-state index contributed by atoms with van der Waals surface area (Å²) in [4.78, 5) is 23.2. The lowest BCUT2D eigenvalue weighted by molar-refractivity contribution is 0.0975. The Morgan fingerprint density at radius 3 is 2.29 bits per heavy atom. The molecule has 0 fully saturated rings. The summed E-state index contributed by atoms with van der Waals surface area (Å²) in [5, 5.41) is 5.81. The van der Waals surface area contributed by atoms with Gasteiger partial charge in [-0.1, -0.05) is 11.6 Å². The predicted octanol–water partition coefficient (Wildman–Crippen LogP) is 2.57. The number of benzene rings is 2. The number of carbonyl (C=O) groups is 2. The van der Waals surface area contributed by atoms with E-state index in [1.54, 1.807) is 36.4 Å². The molecule has 8 heteroatoms. The second-order valence-electron chi connectivity index (χ2n) is 4.70. The molecular formula is C16H14ClN3O3S. The monoisotopic (exact) mass is 363 g/mol. The molecule has 0 aliphatic rings. The Morgan fingerprint density at radius 2 is 1.75 bits per heavy atom. The van der Waals surface area contributed by atoms with Crippen molar-refractivity contribution in [3.63, 3.8) is 0 Å². The van der Waals surface area contributed by atoms with Crippen molar-refractivity contribution < 1.29 is 14.3 Å². The zero-order valence-electron chi connectivity index (χ0n) is 12.6. The van der Waals surface area contributed by atoms with Crippen molar-refractivity contribution in [3.05, 3.63) is 58.6 Å². The largest absolute Gasteiger partial charge is 0.495 e. The molecule has 0 aliphatic heterocycles. The SMILES string of the molecule is COc1ccc(C(=O)NC(=S)Nc2ccc(C(N)=O)cc2)cc1Cl. The van der Waals surface area contributed by atoms with Gasteiger partial charge in [-0.25, -0.2) is 0 Å². The Hall–Kier alpha value is -2.64. The molecule has 0 heterocycles. The molecule has 0 saturated heterocycles. The van der Waals surface area contributed by atoms with Crippen LogP contribution in [-0.2, 0) is 0 Å². The summed E-state index contributed by atoms with van der Waals surface area (Å²) in [7, 11) is 1.49. The highest BCUT2D eigenvalue weighted by Crippen LogP contribution is 2.24. The molecule has 2 aromatic carbocycles. The van der Waals surface area contributed by atoms with Crippen LogP contribution < -0.4 is 21.1 Å². The van der Waals surface area contributed by atoms with Crippen molar-refractivity contribution in [2.24, 2.45) is 5.73 Å². The van der Waals surface area contributed by atoms with E-state index in [9.17, 15) is 9.59 Å². The molecule has 0 radical (unpaired) electrons. The van der Waals surface area contributed by atoms with Crippen LogP contribution in [0.4, 0.5) is 5.69 Å². The maximum Gasteiger partial charge on any atom is 0.257 e. The van der Waals surface area contributed by atoms with Crippen LogP contribution in [0.15, 0.2) is 42.5 Å². The van der Waals surface area contributed by atoms with Gasteiger partial charge in [0.25, 0.3) is 5.91 Å². The Kier molecular flexibility index (Phi) is 5.73. The molecule has 0 aromatic heterocycles.